The number of nitrogens with two attached hydrogens (primary N) is 1. The predicted octanol–water partition coefficient (Wildman–Crippen LogP) is 2.27. The van der Waals surface area contributed by atoms with Crippen molar-refractivity contribution in [2.45, 2.75) is 12.8 Å². The van der Waals surface area contributed by atoms with Crippen molar-refractivity contribution < 1.29 is 0 Å². The van der Waals surface area contributed by atoms with Crippen LogP contribution in [0.3, 0.4) is 0 Å². The fourth-order valence-electron chi connectivity index (χ4n) is 1.70. The third kappa shape index (κ3) is 3.15. The topological polar surface area (TPSA) is 63.8 Å². The number of aromatic nitrogens is 2. The Morgan fingerprint density at radius 2 is 2.25 bits per heavy atom. The van der Waals surface area contributed by atoms with Gasteiger partial charge in [-0.3, -0.25) is 0 Å². The van der Waals surface area contributed by atoms with Gasteiger partial charge in [0.25, 0.3) is 0 Å². The van der Waals surface area contributed by atoms with E-state index in [1.165, 1.54) is 30.5 Å². The van der Waals surface area contributed by atoms with Crippen LogP contribution in [0, 0.1) is 5.92 Å². The van der Waals surface area contributed by atoms with Gasteiger partial charge in [-0.2, -0.15) is 16.7 Å². The monoisotopic (exact) mass is 258 g/mol. The number of halogens is 1. The van der Waals surface area contributed by atoms with Crippen LogP contribution in [0.4, 0.5) is 11.5 Å². The molecule has 16 heavy (non-hydrogen) atoms. The molecule has 1 fully saturated rings. The smallest absolute Gasteiger partial charge is 0.224 e. The minimum absolute atomic E-state index is 0.232. The van der Waals surface area contributed by atoms with Crippen molar-refractivity contribution in [1.29, 1.82) is 0 Å². The van der Waals surface area contributed by atoms with Gasteiger partial charge in [0.1, 0.15) is 0 Å². The molecule has 0 bridgehead atoms. The molecule has 0 saturated carbocycles. The van der Waals surface area contributed by atoms with Gasteiger partial charge >= 0.3 is 0 Å². The summed E-state index contributed by atoms with van der Waals surface area (Å²) in [6.45, 7) is 0.915. The molecule has 0 aliphatic carbocycles. The van der Waals surface area contributed by atoms with Gasteiger partial charge in [-0.15, -0.1) is 0 Å². The molecule has 0 unspecified atom stereocenters. The lowest BCUT2D eigenvalue weighted by Gasteiger charge is -2.22. The van der Waals surface area contributed by atoms with Crippen molar-refractivity contribution >= 4 is 34.9 Å². The fraction of sp³-hybridized carbons (Fsp3) is 0.600. The van der Waals surface area contributed by atoms with E-state index in [0.29, 0.717) is 11.5 Å². The van der Waals surface area contributed by atoms with Crippen LogP contribution in [0.5, 0.6) is 0 Å². The summed E-state index contributed by atoms with van der Waals surface area (Å²) >= 11 is 7.74. The molecule has 3 N–H and O–H groups in total. The number of nitrogens with zero attached hydrogens (tertiary/aromatic N) is 2. The second-order valence-corrected chi connectivity index (χ2v) is 5.44. The molecule has 0 amide bonds. The number of hydrogen-bond donors (Lipinski definition) is 2. The van der Waals surface area contributed by atoms with Crippen LogP contribution in [-0.4, -0.2) is 28.0 Å². The molecule has 4 nitrogen and oxygen atoms in total. The van der Waals surface area contributed by atoms with Crippen LogP contribution in [0.2, 0.25) is 5.28 Å². The van der Waals surface area contributed by atoms with Crippen LogP contribution in [0.25, 0.3) is 0 Å². The number of anilines is 2. The average molecular weight is 259 g/mol. The Balaban J connectivity index is 1.90. The summed E-state index contributed by atoms with van der Waals surface area (Å²) < 4.78 is 0. The third-order valence-corrected chi connectivity index (χ3v) is 3.92. The van der Waals surface area contributed by atoms with Crippen molar-refractivity contribution in [2.24, 2.45) is 5.92 Å². The number of rotatable bonds is 3. The fourth-order valence-corrected chi connectivity index (χ4v) is 3.04. The number of thioether (sulfide) groups is 1. The Kier molecular flexibility index (Phi) is 4.12. The van der Waals surface area contributed by atoms with E-state index in [1.807, 2.05) is 11.8 Å². The second kappa shape index (κ2) is 5.59. The maximum Gasteiger partial charge on any atom is 0.224 e. The molecule has 0 atom stereocenters. The number of nitrogen functional groups attached to an aromatic ring is 1. The molecule has 1 aromatic rings. The van der Waals surface area contributed by atoms with Gasteiger partial charge in [0.15, 0.2) is 5.82 Å². The molecular weight excluding hydrogens is 244 g/mol. The summed E-state index contributed by atoms with van der Waals surface area (Å²) in [7, 11) is 0. The minimum Gasteiger partial charge on any atom is -0.394 e. The average Bonchev–Trinajstić information content (AvgIpc) is 2.32. The zero-order chi connectivity index (χ0) is 11.4. The van der Waals surface area contributed by atoms with Gasteiger partial charge in [-0.1, -0.05) is 0 Å². The van der Waals surface area contributed by atoms with E-state index in [2.05, 4.69) is 15.3 Å². The second-order valence-electron chi connectivity index (χ2n) is 3.88. The summed E-state index contributed by atoms with van der Waals surface area (Å²) in [5.41, 5.74) is 6.31. The Labute approximate surface area is 104 Å². The highest BCUT2D eigenvalue weighted by Crippen LogP contribution is 2.24. The van der Waals surface area contributed by atoms with E-state index in [0.717, 1.165) is 12.5 Å². The number of nitrogens with one attached hydrogen (secondary N) is 1. The summed E-state index contributed by atoms with van der Waals surface area (Å²) in [5.74, 6) is 3.88. The van der Waals surface area contributed by atoms with Gasteiger partial charge in [0.2, 0.25) is 5.28 Å². The van der Waals surface area contributed by atoms with Crippen molar-refractivity contribution in [2.75, 3.05) is 29.1 Å². The largest absolute Gasteiger partial charge is 0.394 e. The molecule has 0 radical (unpaired) electrons. The van der Waals surface area contributed by atoms with Gasteiger partial charge in [-0.05, 0) is 41.9 Å². The molecule has 1 saturated heterocycles. The van der Waals surface area contributed by atoms with Gasteiger partial charge in [0, 0.05) is 6.54 Å². The molecule has 6 heteroatoms. The number of hydrogen-bond acceptors (Lipinski definition) is 5. The standard InChI is InChI=1S/C10H15ClN4S/c11-10-14-6-8(12)9(15-10)13-5-7-1-3-16-4-2-7/h6-7H,1-5,12H2,(H,13,14,15). The molecule has 1 aliphatic heterocycles. The first-order chi connectivity index (χ1) is 7.75. The summed E-state index contributed by atoms with van der Waals surface area (Å²) in [5, 5.41) is 3.49. The molecule has 2 rings (SSSR count). The zero-order valence-electron chi connectivity index (χ0n) is 8.95. The Bertz CT molecular complexity index is 355. The summed E-state index contributed by atoms with van der Waals surface area (Å²) in [6, 6.07) is 0. The molecule has 2 heterocycles. The molecule has 88 valence electrons. The van der Waals surface area contributed by atoms with E-state index in [1.54, 1.807) is 0 Å². The first-order valence-corrected chi connectivity index (χ1v) is 6.88. The first-order valence-electron chi connectivity index (χ1n) is 5.35. The van der Waals surface area contributed by atoms with Crippen molar-refractivity contribution in [3.05, 3.63) is 11.5 Å². The van der Waals surface area contributed by atoms with Crippen molar-refractivity contribution in [3.8, 4) is 0 Å². The molecule has 1 aromatic heterocycles. The van der Waals surface area contributed by atoms with Crippen LogP contribution in [-0.2, 0) is 0 Å². The Morgan fingerprint density at radius 1 is 1.50 bits per heavy atom. The SMILES string of the molecule is Nc1cnc(Cl)nc1NCC1CCSCC1. The predicted molar refractivity (Wildman–Crippen MR) is 70.0 cm³/mol. The minimum atomic E-state index is 0.232. The quantitative estimate of drug-likeness (QED) is 0.815. The highest BCUT2D eigenvalue weighted by Gasteiger charge is 2.14. The van der Waals surface area contributed by atoms with E-state index in [9.17, 15) is 0 Å². The Morgan fingerprint density at radius 3 is 3.00 bits per heavy atom. The highest BCUT2D eigenvalue weighted by molar-refractivity contribution is 7.99. The van der Waals surface area contributed by atoms with Crippen molar-refractivity contribution in [3.63, 3.8) is 0 Å². The zero-order valence-corrected chi connectivity index (χ0v) is 10.5. The van der Waals surface area contributed by atoms with E-state index in [-0.39, 0.29) is 5.28 Å². The van der Waals surface area contributed by atoms with Crippen LogP contribution < -0.4 is 11.1 Å². The summed E-state index contributed by atoms with van der Waals surface area (Å²) in [4.78, 5) is 7.89. The van der Waals surface area contributed by atoms with Crippen LogP contribution in [0.15, 0.2) is 6.20 Å². The van der Waals surface area contributed by atoms with Gasteiger partial charge in [-0.25, -0.2) is 4.98 Å². The van der Waals surface area contributed by atoms with Gasteiger partial charge in [0.05, 0.1) is 11.9 Å². The van der Waals surface area contributed by atoms with Gasteiger partial charge < -0.3 is 11.1 Å². The molecule has 1 aliphatic rings. The summed E-state index contributed by atoms with van der Waals surface area (Å²) in [6.07, 6.45) is 4.06. The van der Waals surface area contributed by atoms with Crippen molar-refractivity contribution in [1.82, 2.24) is 9.97 Å². The lowest BCUT2D eigenvalue weighted by molar-refractivity contribution is 0.515. The lowest BCUT2D eigenvalue weighted by atomic mass is 10.0. The highest BCUT2D eigenvalue weighted by atomic mass is 35.5. The maximum atomic E-state index is 5.75. The molecule has 0 aromatic carbocycles. The van der Waals surface area contributed by atoms with E-state index >= 15 is 0 Å². The van der Waals surface area contributed by atoms with Crippen LogP contribution >= 0.6 is 23.4 Å². The normalized spacial score (nSPS) is 17.3. The molecule has 0 spiro atoms. The molecular formula is C10H15ClN4S. The van der Waals surface area contributed by atoms with E-state index < -0.39 is 0 Å². The maximum absolute atomic E-state index is 5.75. The first kappa shape index (κ1) is 11.8. The van der Waals surface area contributed by atoms with Crippen LogP contribution in [0.1, 0.15) is 12.8 Å². The Hall–Kier alpha value is -0.680. The third-order valence-electron chi connectivity index (χ3n) is 2.69. The lowest BCUT2D eigenvalue weighted by Crippen LogP contribution is -2.20. The van der Waals surface area contributed by atoms with E-state index in [4.69, 9.17) is 17.3 Å².